The number of nitrogens with zero attached hydrogens (tertiary/aromatic N) is 2. The van der Waals surface area contributed by atoms with Gasteiger partial charge in [0, 0.05) is 44.1 Å². The van der Waals surface area contributed by atoms with E-state index >= 15 is 0 Å². The molecule has 110 valence electrons. The minimum absolute atomic E-state index is 0.0146. The van der Waals surface area contributed by atoms with Gasteiger partial charge in [0.25, 0.3) is 0 Å². The number of carbonyl (C=O) groups excluding carboxylic acids is 1. The molecule has 2 aliphatic heterocycles. The Bertz CT molecular complexity index is 327. The number of amides is 1. The summed E-state index contributed by atoms with van der Waals surface area (Å²) in [5.74, 6) is 0.148. The Kier molecular flexibility index (Phi) is 4.48. The van der Waals surface area contributed by atoms with E-state index in [0.29, 0.717) is 13.1 Å². The van der Waals surface area contributed by atoms with E-state index in [1.54, 1.807) is 0 Å². The number of carbonyl (C=O) groups is 1. The molecule has 2 aliphatic rings. The summed E-state index contributed by atoms with van der Waals surface area (Å²) >= 11 is 0. The molecule has 2 fully saturated rings. The van der Waals surface area contributed by atoms with Gasteiger partial charge in [0.1, 0.15) is 0 Å². The number of morpholine rings is 1. The molecule has 0 aromatic heterocycles. The maximum absolute atomic E-state index is 12.4. The molecule has 0 aromatic carbocycles. The van der Waals surface area contributed by atoms with Gasteiger partial charge in [0.2, 0.25) is 5.91 Å². The summed E-state index contributed by atoms with van der Waals surface area (Å²) in [5, 5.41) is 9.96. The van der Waals surface area contributed by atoms with Crippen LogP contribution >= 0.6 is 0 Å². The van der Waals surface area contributed by atoms with Crippen molar-refractivity contribution >= 4 is 5.91 Å². The summed E-state index contributed by atoms with van der Waals surface area (Å²) in [6.45, 7) is 11.3. The molecule has 19 heavy (non-hydrogen) atoms. The van der Waals surface area contributed by atoms with Crippen LogP contribution in [0.2, 0.25) is 0 Å². The number of β-amino-alcohol motifs (C(OH)–C–C–N with tert-alkyl or cyclic N) is 1. The van der Waals surface area contributed by atoms with Crippen LogP contribution in [0.1, 0.15) is 20.8 Å². The lowest BCUT2D eigenvalue weighted by Gasteiger charge is -2.30. The van der Waals surface area contributed by atoms with Gasteiger partial charge in [-0.25, -0.2) is 0 Å². The van der Waals surface area contributed by atoms with Gasteiger partial charge in [-0.15, -0.1) is 0 Å². The van der Waals surface area contributed by atoms with Crippen LogP contribution in [-0.2, 0) is 9.53 Å². The molecule has 5 nitrogen and oxygen atoms in total. The number of ether oxygens (including phenoxy) is 1. The second kappa shape index (κ2) is 5.77. The zero-order chi connectivity index (χ0) is 14.0. The largest absolute Gasteiger partial charge is 0.391 e. The fourth-order valence-corrected chi connectivity index (χ4v) is 2.85. The molecule has 5 heteroatoms. The molecule has 1 N–H and O–H groups in total. The highest BCUT2D eigenvalue weighted by Gasteiger charge is 2.41. The Balaban J connectivity index is 1.85. The van der Waals surface area contributed by atoms with Gasteiger partial charge < -0.3 is 14.7 Å². The molecule has 0 radical (unpaired) electrons. The molecule has 2 rings (SSSR count). The quantitative estimate of drug-likeness (QED) is 0.795. The predicted molar refractivity (Wildman–Crippen MR) is 72.8 cm³/mol. The van der Waals surface area contributed by atoms with Crippen molar-refractivity contribution in [2.45, 2.75) is 26.9 Å². The average molecular weight is 270 g/mol. The van der Waals surface area contributed by atoms with E-state index in [1.165, 1.54) is 0 Å². The van der Waals surface area contributed by atoms with E-state index in [-0.39, 0.29) is 17.2 Å². The van der Waals surface area contributed by atoms with E-state index in [9.17, 15) is 9.90 Å². The third-order valence-corrected chi connectivity index (χ3v) is 4.26. The number of likely N-dealkylation sites (tertiary alicyclic amines) is 1. The lowest BCUT2D eigenvalue weighted by Crippen LogP contribution is -2.43. The van der Waals surface area contributed by atoms with E-state index in [4.69, 9.17) is 4.74 Å². The molecule has 2 atom stereocenters. The third kappa shape index (κ3) is 3.46. The number of hydrogen-bond acceptors (Lipinski definition) is 4. The summed E-state index contributed by atoms with van der Waals surface area (Å²) < 4.78 is 5.31. The number of aliphatic hydroxyl groups excluding tert-OH is 1. The number of aliphatic hydroxyl groups is 1. The fourth-order valence-electron chi connectivity index (χ4n) is 2.85. The highest BCUT2D eigenvalue weighted by molar-refractivity contribution is 5.79. The van der Waals surface area contributed by atoms with Crippen LogP contribution in [-0.4, -0.2) is 72.9 Å². The normalized spacial score (nSPS) is 29.5. The molecular formula is C14H26N2O3. The van der Waals surface area contributed by atoms with E-state index < -0.39 is 6.10 Å². The molecule has 0 aliphatic carbocycles. The second-order valence-electron chi connectivity index (χ2n) is 6.54. The Hall–Kier alpha value is -0.650. The molecule has 0 saturated carbocycles. The summed E-state index contributed by atoms with van der Waals surface area (Å²) in [6, 6.07) is 0. The maximum Gasteiger partial charge on any atom is 0.226 e. The first-order valence-electron chi connectivity index (χ1n) is 7.17. The van der Waals surface area contributed by atoms with Crippen LogP contribution in [0, 0.1) is 11.3 Å². The summed E-state index contributed by atoms with van der Waals surface area (Å²) in [7, 11) is 0. The van der Waals surface area contributed by atoms with Crippen molar-refractivity contribution in [2.75, 3.05) is 45.9 Å². The van der Waals surface area contributed by atoms with E-state index in [2.05, 4.69) is 4.90 Å². The van der Waals surface area contributed by atoms with Crippen molar-refractivity contribution in [3.63, 3.8) is 0 Å². The van der Waals surface area contributed by atoms with Crippen LogP contribution in [0.15, 0.2) is 0 Å². The van der Waals surface area contributed by atoms with Gasteiger partial charge in [-0.1, -0.05) is 20.8 Å². The van der Waals surface area contributed by atoms with Gasteiger partial charge >= 0.3 is 0 Å². The molecule has 0 bridgehead atoms. The molecule has 2 heterocycles. The fraction of sp³-hybridized carbons (Fsp3) is 0.929. The zero-order valence-electron chi connectivity index (χ0n) is 12.3. The molecular weight excluding hydrogens is 244 g/mol. The Morgan fingerprint density at radius 1 is 1.42 bits per heavy atom. The van der Waals surface area contributed by atoms with Crippen LogP contribution in [0.4, 0.5) is 0 Å². The van der Waals surface area contributed by atoms with Crippen molar-refractivity contribution in [1.82, 2.24) is 9.80 Å². The van der Waals surface area contributed by atoms with E-state index in [1.807, 2.05) is 25.7 Å². The Labute approximate surface area is 115 Å². The number of rotatable bonds is 3. The maximum atomic E-state index is 12.4. The van der Waals surface area contributed by atoms with Crippen LogP contribution in [0.25, 0.3) is 0 Å². The Morgan fingerprint density at radius 3 is 2.58 bits per heavy atom. The van der Waals surface area contributed by atoms with E-state index in [0.717, 1.165) is 32.8 Å². The van der Waals surface area contributed by atoms with Crippen LogP contribution in [0.5, 0.6) is 0 Å². The summed E-state index contributed by atoms with van der Waals surface area (Å²) in [5.41, 5.74) is -0.186. The number of hydrogen-bond donors (Lipinski definition) is 1. The van der Waals surface area contributed by atoms with Crippen molar-refractivity contribution in [3.8, 4) is 0 Å². The van der Waals surface area contributed by atoms with Crippen molar-refractivity contribution in [1.29, 1.82) is 0 Å². The van der Waals surface area contributed by atoms with Crippen molar-refractivity contribution in [3.05, 3.63) is 0 Å². The predicted octanol–water partition coefficient (Wildman–Crippen LogP) is 0.184. The van der Waals surface area contributed by atoms with Gasteiger partial charge in [0.05, 0.1) is 19.3 Å². The first-order chi connectivity index (χ1) is 8.90. The topological polar surface area (TPSA) is 53.0 Å². The highest BCUT2D eigenvalue weighted by Crippen LogP contribution is 2.30. The third-order valence-electron chi connectivity index (χ3n) is 4.26. The smallest absolute Gasteiger partial charge is 0.226 e. The van der Waals surface area contributed by atoms with Crippen LogP contribution in [0.3, 0.4) is 0 Å². The van der Waals surface area contributed by atoms with Gasteiger partial charge in [-0.2, -0.15) is 0 Å². The molecule has 0 spiro atoms. The monoisotopic (exact) mass is 270 g/mol. The molecule has 2 saturated heterocycles. The van der Waals surface area contributed by atoms with Gasteiger partial charge in [0.15, 0.2) is 0 Å². The molecule has 1 amide bonds. The average Bonchev–Trinajstić information content (AvgIpc) is 2.64. The van der Waals surface area contributed by atoms with Crippen molar-refractivity contribution in [2.24, 2.45) is 11.3 Å². The first kappa shape index (κ1) is 14.8. The van der Waals surface area contributed by atoms with Crippen LogP contribution < -0.4 is 0 Å². The molecule has 2 unspecified atom stereocenters. The van der Waals surface area contributed by atoms with Crippen molar-refractivity contribution < 1.29 is 14.6 Å². The first-order valence-corrected chi connectivity index (χ1v) is 7.17. The zero-order valence-corrected chi connectivity index (χ0v) is 12.3. The lowest BCUT2D eigenvalue weighted by atomic mass is 9.90. The minimum atomic E-state index is -0.410. The Morgan fingerprint density at radius 2 is 2.05 bits per heavy atom. The minimum Gasteiger partial charge on any atom is -0.391 e. The molecule has 0 aromatic rings. The highest BCUT2D eigenvalue weighted by atomic mass is 16.5. The van der Waals surface area contributed by atoms with Gasteiger partial charge in [-0.05, 0) is 0 Å². The summed E-state index contributed by atoms with van der Waals surface area (Å²) in [6.07, 6.45) is -0.410. The second-order valence-corrected chi connectivity index (χ2v) is 6.54. The summed E-state index contributed by atoms with van der Waals surface area (Å²) in [4.78, 5) is 16.5. The van der Waals surface area contributed by atoms with Gasteiger partial charge in [-0.3, -0.25) is 9.69 Å². The standard InChI is InChI=1S/C14H26N2O3/c1-11(8-15-4-6-19-7-5-15)13(18)16-9-12(17)14(2,3)10-16/h11-12,17H,4-10H2,1-3H3. The SMILES string of the molecule is CC(CN1CCOCC1)C(=O)N1CC(O)C(C)(C)C1. The lowest BCUT2D eigenvalue weighted by molar-refractivity contribution is -0.135.